The van der Waals surface area contributed by atoms with Gasteiger partial charge in [0.2, 0.25) is 0 Å². The Morgan fingerprint density at radius 1 is 0.750 bits per heavy atom. The quantitative estimate of drug-likeness (QED) is 0.171. The zero-order valence-electron chi connectivity index (χ0n) is 19.3. The third-order valence-electron chi connectivity index (χ3n) is 5.61. The van der Waals surface area contributed by atoms with Crippen molar-refractivity contribution < 1.29 is 14.3 Å². The number of unbranched alkanes of at least 4 members (excludes halogenated alkanes) is 3. The molecule has 0 radical (unpaired) electrons. The fraction of sp³-hybridized carbons (Fsp3) is 0.345. The van der Waals surface area contributed by atoms with Crippen LogP contribution in [0.5, 0.6) is 5.75 Å². The summed E-state index contributed by atoms with van der Waals surface area (Å²) < 4.78 is 11.0. The molecular weight excluding hydrogens is 396 g/mol. The van der Waals surface area contributed by atoms with Crippen LogP contribution in [-0.4, -0.2) is 12.1 Å². The van der Waals surface area contributed by atoms with E-state index in [1.54, 1.807) is 0 Å². The van der Waals surface area contributed by atoms with Gasteiger partial charge in [-0.2, -0.15) is 0 Å². The predicted molar refractivity (Wildman–Crippen MR) is 131 cm³/mol. The average Bonchev–Trinajstić information content (AvgIpc) is 2.81. The summed E-state index contributed by atoms with van der Waals surface area (Å²) in [4.78, 5) is 11.0. The Morgan fingerprint density at radius 2 is 1.38 bits per heavy atom. The van der Waals surface area contributed by atoms with Gasteiger partial charge >= 0.3 is 5.97 Å². The molecule has 1 unspecified atom stereocenters. The van der Waals surface area contributed by atoms with Crippen molar-refractivity contribution in [3.05, 3.63) is 90.0 Å². The standard InChI is InChI=1S/C29H34O3/c1-23(31-22-26-12-8-5-9-13-26)10-6-3-4-7-11-25-14-16-27(17-15-25)28-18-20-29(21-19-28)32-24(2)30/h5,8-9,12-21,23H,3-4,6-7,10-11,22H2,1-2H3. The van der Waals surface area contributed by atoms with Gasteiger partial charge in [-0.1, -0.05) is 86.0 Å². The van der Waals surface area contributed by atoms with Gasteiger partial charge in [0, 0.05) is 6.92 Å². The smallest absolute Gasteiger partial charge is 0.308 e. The zero-order valence-corrected chi connectivity index (χ0v) is 19.3. The van der Waals surface area contributed by atoms with Crippen molar-refractivity contribution >= 4 is 5.97 Å². The first kappa shape index (κ1) is 23.7. The van der Waals surface area contributed by atoms with E-state index in [0.29, 0.717) is 18.5 Å². The molecule has 3 nitrogen and oxygen atoms in total. The fourth-order valence-corrected chi connectivity index (χ4v) is 3.76. The van der Waals surface area contributed by atoms with Gasteiger partial charge in [0.1, 0.15) is 5.75 Å². The van der Waals surface area contributed by atoms with Gasteiger partial charge in [0.05, 0.1) is 12.7 Å². The Labute approximate surface area is 192 Å². The Bertz CT molecular complexity index is 930. The van der Waals surface area contributed by atoms with Crippen molar-refractivity contribution in [2.45, 2.75) is 65.1 Å². The Morgan fingerprint density at radius 3 is 2.03 bits per heavy atom. The molecule has 0 aliphatic heterocycles. The van der Waals surface area contributed by atoms with Gasteiger partial charge in [0.25, 0.3) is 0 Å². The fourth-order valence-electron chi connectivity index (χ4n) is 3.76. The summed E-state index contributed by atoms with van der Waals surface area (Å²) >= 11 is 0. The molecule has 3 aromatic rings. The summed E-state index contributed by atoms with van der Waals surface area (Å²) in [5.41, 5.74) is 4.91. The second kappa shape index (κ2) is 12.8. The van der Waals surface area contributed by atoms with Gasteiger partial charge in [-0.25, -0.2) is 0 Å². The lowest BCUT2D eigenvalue weighted by Gasteiger charge is -2.13. The van der Waals surface area contributed by atoms with Crippen LogP contribution in [0.25, 0.3) is 11.1 Å². The maximum atomic E-state index is 11.0. The van der Waals surface area contributed by atoms with Crippen molar-refractivity contribution in [1.82, 2.24) is 0 Å². The molecule has 0 aliphatic carbocycles. The lowest BCUT2D eigenvalue weighted by molar-refractivity contribution is -0.131. The number of esters is 1. The van der Waals surface area contributed by atoms with E-state index >= 15 is 0 Å². The number of hydrogen-bond donors (Lipinski definition) is 0. The summed E-state index contributed by atoms with van der Waals surface area (Å²) in [6.07, 6.45) is 7.50. The zero-order chi connectivity index (χ0) is 22.6. The van der Waals surface area contributed by atoms with E-state index < -0.39 is 0 Å². The summed E-state index contributed by atoms with van der Waals surface area (Å²) in [5.74, 6) is 0.281. The molecule has 0 aromatic heterocycles. The maximum absolute atomic E-state index is 11.0. The molecule has 3 aromatic carbocycles. The second-order valence-corrected chi connectivity index (χ2v) is 8.38. The first-order chi connectivity index (χ1) is 15.6. The molecule has 3 heteroatoms. The number of hydrogen-bond acceptors (Lipinski definition) is 3. The molecule has 0 saturated carbocycles. The summed E-state index contributed by atoms with van der Waals surface area (Å²) in [6, 6.07) is 26.8. The van der Waals surface area contributed by atoms with Crippen LogP contribution in [0.1, 0.15) is 57.1 Å². The van der Waals surface area contributed by atoms with Gasteiger partial charge in [0.15, 0.2) is 0 Å². The van der Waals surface area contributed by atoms with E-state index in [1.165, 1.54) is 49.3 Å². The largest absolute Gasteiger partial charge is 0.427 e. The maximum Gasteiger partial charge on any atom is 0.308 e. The highest BCUT2D eigenvalue weighted by molar-refractivity contribution is 5.70. The van der Waals surface area contributed by atoms with Crippen LogP contribution in [0, 0.1) is 0 Å². The minimum Gasteiger partial charge on any atom is -0.427 e. The van der Waals surface area contributed by atoms with E-state index in [9.17, 15) is 4.79 Å². The molecule has 3 rings (SSSR count). The van der Waals surface area contributed by atoms with Gasteiger partial charge in [-0.15, -0.1) is 0 Å². The molecular formula is C29H34O3. The van der Waals surface area contributed by atoms with Gasteiger partial charge in [-0.05, 0) is 60.6 Å². The normalized spacial score (nSPS) is 11.8. The van der Waals surface area contributed by atoms with E-state index in [1.807, 2.05) is 30.3 Å². The highest BCUT2D eigenvalue weighted by atomic mass is 16.5. The highest BCUT2D eigenvalue weighted by Gasteiger charge is 2.04. The Kier molecular flexibility index (Phi) is 9.52. The minimum atomic E-state index is -0.298. The second-order valence-electron chi connectivity index (χ2n) is 8.38. The lowest BCUT2D eigenvalue weighted by atomic mass is 10.0. The Balaban J connectivity index is 1.30. The van der Waals surface area contributed by atoms with Crippen molar-refractivity contribution in [3.63, 3.8) is 0 Å². The first-order valence-corrected chi connectivity index (χ1v) is 11.6. The molecule has 0 fully saturated rings. The molecule has 32 heavy (non-hydrogen) atoms. The number of benzene rings is 3. The van der Waals surface area contributed by atoms with Gasteiger partial charge in [-0.3, -0.25) is 4.79 Å². The van der Waals surface area contributed by atoms with Crippen LogP contribution >= 0.6 is 0 Å². The summed E-state index contributed by atoms with van der Waals surface area (Å²) in [6.45, 7) is 4.29. The van der Waals surface area contributed by atoms with Crippen LogP contribution in [0.15, 0.2) is 78.9 Å². The van der Waals surface area contributed by atoms with Crippen LogP contribution < -0.4 is 4.74 Å². The average molecular weight is 431 g/mol. The molecule has 168 valence electrons. The molecule has 0 amide bonds. The third kappa shape index (κ3) is 8.32. The van der Waals surface area contributed by atoms with Crippen molar-refractivity contribution in [3.8, 4) is 16.9 Å². The first-order valence-electron chi connectivity index (χ1n) is 11.6. The molecule has 1 atom stereocenters. The van der Waals surface area contributed by atoms with Crippen LogP contribution in [0.2, 0.25) is 0 Å². The van der Waals surface area contributed by atoms with Crippen molar-refractivity contribution in [2.24, 2.45) is 0 Å². The minimum absolute atomic E-state index is 0.298. The number of aryl methyl sites for hydroxylation is 1. The molecule has 0 bridgehead atoms. The molecule has 0 saturated heterocycles. The number of carbonyl (C=O) groups excluding carboxylic acids is 1. The topological polar surface area (TPSA) is 35.5 Å². The van der Waals surface area contributed by atoms with E-state index in [2.05, 4.69) is 55.5 Å². The van der Waals surface area contributed by atoms with E-state index in [4.69, 9.17) is 9.47 Å². The van der Waals surface area contributed by atoms with Crippen LogP contribution in [0.3, 0.4) is 0 Å². The van der Waals surface area contributed by atoms with Crippen molar-refractivity contribution in [1.29, 1.82) is 0 Å². The lowest BCUT2D eigenvalue weighted by Crippen LogP contribution is -2.07. The van der Waals surface area contributed by atoms with Gasteiger partial charge < -0.3 is 9.47 Å². The van der Waals surface area contributed by atoms with Crippen LogP contribution in [0.4, 0.5) is 0 Å². The summed E-state index contributed by atoms with van der Waals surface area (Å²) in [5, 5.41) is 0. The van der Waals surface area contributed by atoms with Crippen molar-refractivity contribution in [2.75, 3.05) is 0 Å². The molecule has 0 aliphatic rings. The predicted octanol–water partition coefficient (Wildman–Crippen LogP) is 7.38. The molecule has 0 spiro atoms. The molecule has 0 N–H and O–H groups in total. The third-order valence-corrected chi connectivity index (χ3v) is 5.61. The van der Waals surface area contributed by atoms with E-state index in [-0.39, 0.29) is 5.97 Å². The van der Waals surface area contributed by atoms with E-state index in [0.717, 1.165) is 18.4 Å². The number of ether oxygens (including phenoxy) is 2. The van der Waals surface area contributed by atoms with Crippen LogP contribution in [-0.2, 0) is 22.6 Å². The highest BCUT2D eigenvalue weighted by Crippen LogP contribution is 2.23. The summed E-state index contributed by atoms with van der Waals surface area (Å²) in [7, 11) is 0. The monoisotopic (exact) mass is 430 g/mol. The number of rotatable bonds is 12. The number of carbonyl (C=O) groups is 1. The SMILES string of the molecule is CC(=O)Oc1ccc(-c2ccc(CCCCCCC(C)OCc3ccccc3)cc2)cc1. The Hall–Kier alpha value is -2.91. The molecule has 0 heterocycles.